The Balaban J connectivity index is 2.56. The molecule has 0 unspecified atom stereocenters. The predicted molar refractivity (Wildman–Crippen MR) is 72.5 cm³/mol. The summed E-state index contributed by atoms with van der Waals surface area (Å²) < 4.78 is 1.83. The van der Waals surface area contributed by atoms with Gasteiger partial charge in [0.15, 0.2) is 0 Å². The van der Waals surface area contributed by atoms with Gasteiger partial charge in [0, 0.05) is 18.7 Å². The summed E-state index contributed by atoms with van der Waals surface area (Å²) in [6.07, 6.45) is 0. The highest BCUT2D eigenvalue weighted by atomic mass is 32.1. The number of nitrogens with one attached hydrogen (secondary N) is 1. The van der Waals surface area contributed by atoms with Gasteiger partial charge in [-0.15, -0.1) is 11.3 Å². The highest BCUT2D eigenvalue weighted by Crippen LogP contribution is 2.23. The van der Waals surface area contributed by atoms with Gasteiger partial charge in [0.05, 0.1) is 10.6 Å². The molecule has 0 fully saturated rings. The van der Waals surface area contributed by atoms with E-state index in [1.807, 2.05) is 48.2 Å². The quantitative estimate of drug-likeness (QED) is 0.901. The molecule has 0 aromatic carbocycles. The van der Waals surface area contributed by atoms with E-state index in [-0.39, 0.29) is 5.56 Å². The molecule has 0 saturated heterocycles. The van der Waals surface area contributed by atoms with E-state index in [2.05, 4.69) is 5.32 Å². The molecule has 0 atom stereocenters. The second kappa shape index (κ2) is 5.29. The van der Waals surface area contributed by atoms with Gasteiger partial charge in [-0.25, -0.2) is 0 Å². The van der Waals surface area contributed by atoms with Crippen LogP contribution >= 0.6 is 11.3 Å². The molecular formula is C13H16N2OS. The molecule has 0 aliphatic rings. The molecule has 4 heteroatoms. The van der Waals surface area contributed by atoms with Crippen molar-refractivity contribution in [1.82, 2.24) is 9.88 Å². The Hall–Kier alpha value is -1.39. The van der Waals surface area contributed by atoms with Gasteiger partial charge in [0.25, 0.3) is 5.56 Å². The van der Waals surface area contributed by atoms with Crippen molar-refractivity contribution in [2.24, 2.45) is 0 Å². The fourth-order valence-corrected chi connectivity index (χ4v) is 2.66. The highest BCUT2D eigenvalue weighted by Gasteiger charge is 2.09. The molecule has 0 amide bonds. The molecule has 0 bridgehead atoms. The van der Waals surface area contributed by atoms with Crippen LogP contribution in [0.4, 0.5) is 0 Å². The summed E-state index contributed by atoms with van der Waals surface area (Å²) in [5.74, 6) is 0. The van der Waals surface area contributed by atoms with E-state index < -0.39 is 0 Å². The van der Waals surface area contributed by atoms with Crippen molar-refractivity contribution in [2.75, 3.05) is 7.05 Å². The summed E-state index contributed by atoms with van der Waals surface area (Å²) >= 11 is 1.66. The minimum Gasteiger partial charge on any atom is -0.315 e. The summed E-state index contributed by atoms with van der Waals surface area (Å²) in [5.41, 5.74) is 1.93. The molecule has 2 heterocycles. The highest BCUT2D eigenvalue weighted by molar-refractivity contribution is 7.13. The maximum Gasteiger partial charge on any atom is 0.255 e. The standard InChI is InChI=1S/C13H16N2OS/c1-3-15-11(12-5-4-8-17-12)7-6-10(9-14-2)13(15)16/h4-8,14H,3,9H2,1-2H3. The molecule has 2 rings (SSSR count). The lowest BCUT2D eigenvalue weighted by Crippen LogP contribution is -2.26. The summed E-state index contributed by atoms with van der Waals surface area (Å²) in [4.78, 5) is 13.4. The Bertz CT molecular complexity index is 543. The van der Waals surface area contributed by atoms with Crippen LogP contribution in [-0.4, -0.2) is 11.6 Å². The predicted octanol–water partition coefficient (Wildman–Crippen LogP) is 2.32. The number of hydrogen-bond acceptors (Lipinski definition) is 3. The first-order valence-corrected chi connectivity index (χ1v) is 6.57. The number of rotatable bonds is 4. The monoisotopic (exact) mass is 248 g/mol. The molecule has 1 N–H and O–H groups in total. The van der Waals surface area contributed by atoms with Crippen molar-refractivity contribution in [3.8, 4) is 10.6 Å². The van der Waals surface area contributed by atoms with Gasteiger partial charge in [-0.05, 0) is 31.5 Å². The largest absolute Gasteiger partial charge is 0.315 e. The van der Waals surface area contributed by atoms with Gasteiger partial charge in [0.1, 0.15) is 0 Å². The third kappa shape index (κ3) is 2.33. The Labute approximate surface area is 105 Å². The number of pyridine rings is 1. The SMILES string of the molecule is CCn1c(-c2cccs2)ccc(CNC)c1=O. The summed E-state index contributed by atoms with van der Waals surface area (Å²) in [6, 6.07) is 8.00. The topological polar surface area (TPSA) is 34.0 Å². The zero-order chi connectivity index (χ0) is 12.3. The fraction of sp³-hybridized carbons (Fsp3) is 0.308. The van der Waals surface area contributed by atoms with E-state index >= 15 is 0 Å². The lowest BCUT2D eigenvalue weighted by molar-refractivity contribution is 0.708. The second-order valence-electron chi connectivity index (χ2n) is 3.80. The summed E-state index contributed by atoms with van der Waals surface area (Å²) in [5, 5.41) is 5.05. The molecule has 3 nitrogen and oxygen atoms in total. The Morgan fingerprint density at radius 1 is 1.35 bits per heavy atom. The fourth-order valence-electron chi connectivity index (χ4n) is 1.90. The van der Waals surface area contributed by atoms with Crippen LogP contribution < -0.4 is 10.9 Å². The van der Waals surface area contributed by atoms with Crippen molar-refractivity contribution < 1.29 is 0 Å². The first kappa shape index (κ1) is 12.1. The second-order valence-corrected chi connectivity index (χ2v) is 4.75. The Kier molecular flexibility index (Phi) is 3.76. The molecular weight excluding hydrogens is 232 g/mol. The van der Waals surface area contributed by atoms with Crippen molar-refractivity contribution in [2.45, 2.75) is 20.0 Å². The molecule has 0 aliphatic carbocycles. The van der Waals surface area contributed by atoms with Crippen molar-refractivity contribution in [3.63, 3.8) is 0 Å². The zero-order valence-corrected chi connectivity index (χ0v) is 10.9. The number of aromatic nitrogens is 1. The van der Waals surface area contributed by atoms with Gasteiger partial charge in [-0.3, -0.25) is 4.79 Å². The summed E-state index contributed by atoms with van der Waals surface area (Å²) in [7, 11) is 1.85. The van der Waals surface area contributed by atoms with Gasteiger partial charge in [0.2, 0.25) is 0 Å². The first-order valence-electron chi connectivity index (χ1n) is 5.69. The van der Waals surface area contributed by atoms with Crippen LogP contribution in [0.3, 0.4) is 0 Å². The van der Waals surface area contributed by atoms with Crippen LogP contribution in [0.15, 0.2) is 34.4 Å². The smallest absolute Gasteiger partial charge is 0.255 e. The molecule has 2 aromatic rings. The van der Waals surface area contributed by atoms with Crippen LogP contribution in [-0.2, 0) is 13.1 Å². The van der Waals surface area contributed by atoms with Crippen molar-refractivity contribution >= 4 is 11.3 Å². The van der Waals surface area contributed by atoms with Crippen molar-refractivity contribution in [1.29, 1.82) is 0 Å². The maximum absolute atomic E-state index is 12.2. The van der Waals surface area contributed by atoms with E-state index in [0.29, 0.717) is 13.1 Å². The van der Waals surface area contributed by atoms with Crippen LogP contribution in [0.25, 0.3) is 10.6 Å². The van der Waals surface area contributed by atoms with E-state index in [0.717, 1.165) is 16.1 Å². The number of hydrogen-bond donors (Lipinski definition) is 1. The van der Waals surface area contributed by atoms with E-state index in [4.69, 9.17) is 0 Å². The molecule has 0 radical (unpaired) electrons. The lowest BCUT2D eigenvalue weighted by atomic mass is 10.2. The molecule has 17 heavy (non-hydrogen) atoms. The van der Waals surface area contributed by atoms with Crippen LogP contribution in [0, 0.1) is 0 Å². The average Bonchev–Trinajstić information content (AvgIpc) is 2.85. The molecule has 0 spiro atoms. The molecule has 0 saturated carbocycles. The molecule has 2 aromatic heterocycles. The van der Waals surface area contributed by atoms with Crippen LogP contribution in [0.2, 0.25) is 0 Å². The summed E-state index contributed by atoms with van der Waals surface area (Å²) in [6.45, 7) is 3.31. The van der Waals surface area contributed by atoms with Gasteiger partial charge in [-0.2, -0.15) is 0 Å². The minimum atomic E-state index is 0.104. The normalized spacial score (nSPS) is 10.7. The Morgan fingerprint density at radius 3 is 2.76 bits per heavy atom. The van der Waals surface area contributed by atoms with E-state index in [1.54, 1.807) is 11.3 Å². The van der Waals surface area contributed by atoms with Crippen LogP contribution in [0.1, 0.15) is 12.5 Å². The third-order valence-corrected chi connectivity index (χ3v) is 3.60. The Morgan fingerprint density at radius 2 is 2.18 bits per heavy atom. The van der Waals surface area contributed by atoms with Crippen molar-refractivity contribution in [3.05, 3.63) is 45.6 Å². The van der Waals surface area contributed by atoms with E-state index in [1.165, 1.54) is 0 Å². The van der Waals surface area contributed by atoms with Gasteiger partial charge >= 0.3 is 0 Å². The maximum atomic E-state index is 12.2. The van der Waals surface area contributed by atoms with E-state index in [9.17, 15) is 4.79 Å². The van der Waals surface area contributed by atoms with Crippen LogP contribution in [0.5, 0.6) is 0 Å². The number of thiophene rings is 1. The zero-order valence-electron chi connectivity index (χ0n) is 10.1. The van der Waals surface area contributed by atoms with Gasteiger partial charge < -0.3 is 9.88 Å². The first-order chi connectivity index (χ1) is 8.27. The lowest BCUT2D eigenvalue weighted by Gasteiger charge is -2.11. The minimum absolute atomic E-state index is 0.104. The average molecular weight is 248 g/mol. The third-order valence-electron chi connectivity index (χ3n) is 2.71. The number of nitrogens with zero attached hydrogens (tertiary/aromatic N) is 1. The van der Waals surface area contributed by atoms with Gasteiger partial charge in [-0.1, -0.05) is 12.1 Å². The molecule has 0 aliphatic heterocycles. The molecule has 90 valence electrons.